The number of imide groups is 1. The highest BCUT2D eigenvalue weighted by Gasteiger charge is 2.39. The van der Waals surface area contributed by atoms with E-state index in [0.717, 1.165) is 4.90 Å². The van der Waals surface area contributed by atoms with Crippen LogP contribution in [0, 0.1) is 10.1 Å². The van der Waals surface area contributed by atoms with Gasteiger partial charge in [0.25, 0.3) is 17.5 Å². The predicted octanol–water partition coefficient (Wildman–Crippen LogP) is 6.85. The first kappa shape index (κ1) is 25.9. The lowest BCUT2D eigenvalue weighted by Gasteiger charge is -2.17. The topological polar surface area (TPSA) is 116 Å². The predicted molar refractivity (Wildman–Crippen MR) is 143 cm³/mol. The number of anilines is 1. The molecule has 1 aliphatic rings. The number of fused-ring (bicyclic) bond motifs is 1. The normalized spacial score (nSPS) is 12.3. The van der Waals surface area contributed by atoms with E-state index >= 15 is 0 Å². The quantitative estimate of drug-likeness (QED) is 0.104. The van der Waals surface area contributed by atoms with Crippen LogP contribution in [0.5, 0.6) is 11.5 Å². The summed E-state index contributed by atoms with van der Waals surface area (Å²) in [6.45, 7) is -0.127. The molecular weight excluding hydrogens is 547 g/mol. The maximum Gasteiger partial charge on any atom is 0.340 e. The third kappa shape index (κ3) is 5.18. The van der Waals surface area contributed by atoms with Crippen LogP contribution < -0.4 is 9.64 Å². The minimum absolute atomic E-state index is 0.0162. The van der Waals surface area contributed by atoms with E-state index in [2.05, 4.69) is 0 Å². The monoisotopic (exact) mass is 562 g/mol. The number of amides is 2. The summed E-state index contributed by atoms with van der Waals surface area (Å²) >= 11 is 12.1. The van der Waals surface area contributed by atoms with Gasteiger partial charge in [-0.2, -0.15) is 0 Å². The van der Waals surface area contributed by atoms with Crippen molar-refractivity contribution in [3.05, 3.63) is 127 Å². The van der Waals surface area contributed by atoms with Gasteiger partial charge in [0.15, 0.2) is 0 Å². The van der Waals surface area contributed by atoms with E-state index in [0.29, 0.717) is 17.1 Å². The van der Waals surface area contributed by atoms with E-state index < -0.39 is 22.7 Å². The largest absolute Gasteiger partial charge is 0.457 e. The number of nitro groups is 1. The zero-order chi connectivity index (χ0) is 27.7. The van der Waals surface area contributed by atoms with Gasteiger partial charge >= 0.3 is 5.97 Å². The molecule has 0 unspecified atom stereocenters. The van der Waals surface area contributed by atoms with Crippen LogP contribution in [0.4, 0.5) is 11.4 Å². The minimum atomic E-state index is -0.750. The summed E-state index contributed by atoms with van der Waals surface area (Å²) in [5.41, 5.74) is 0.797. The molecule has 0 atom stereocenters. The average molecular weight is 563 g/mol. The number of hydrogen-bond donors (Lipinski definition) is 0. The first-order valence-corrected chi connectivity index (χ1v) is 12.1. The van der Waals surface area contributed by atoms with Crippen LogP contribution in [0.25, 0.3) is 0 Å². The molecule has 0 aromatic heterocycles. The molecule has 0 aliphatic carbocycles. The molecule has 39 heavy (non-hydrogen) atoms. The summed E-state index contributed by atoms with van der Waals surface area (Å²) in [4.78, 5) is 50.4. The number of ether oxygens (including phenoxy) is 2. The molecule has 0 fully saturated rings. The second-order valence-corrected chi connectivity index (χ2v) is 9.17. The summed E-state index contributed by atoms with van der Waals surface area (Å²) in [6.07, 6.45) is 0. The highest BCUT2D eigenvalue weighted by Crippen LogP contribution is 2.35. The van der Waals surface area contributed by atoms with Gasteiger partial charge in [0.1, 0.15) is 18.1 Å². The zero-order valence-electron chi connectivity index (χ0n) is 19.8. The molecule has 194 valence electrons. The third-order valence-electron chi connectivity index (χ3n) is 5.84. The molecule has 9 nitrogen and oxygen atoms in total. The molecule has 0 N–H and O–H groups in total. The van der Waals surface area contributed by atoms with Crippen molar-refractivity contribution in [2.75, 3.05) is 4.90 Å². The number of esters is 1. The van der Waals surface area contributed by atoms with Gasteiger partial charge < -0.3 is 9.47 Å². The van der Waals surface area contributed by atoms with Crippen molar-refractivity contribution in [2.45, 2.75) is 6.61 Å². The fraction of sp³-hybridized carbons (Fsp3) is 0.0357. The molecule has 2 amide bonds. The number of halogens is 2. The SMILES string of the molecule is O=C(OCc1cccc(Oc2ccc([N+](=O)[O-])cc2)c1)c1ccccc1N1C(=O)c2cc(Cl)c(Cl)cc2C1=O. The number of carbonyl (C=O) groups is 3. The molecule has 0 bridgehead atoms. The van der Waals surface area contributed by atoms with E-state index in [1.807, 2.05) is 0 Å². The number of hydrogen-bond acceptors (Lipinski definition) is 7. The number of benzene rings is 4. The summed E-state index contributed by atoms with van der Waals surface area (Å²) in [5.74, 6) is -1.19. The second kappa shape index (κ2) is 10.6. The Balaban J connectivity index is 1.31. The Kier molecular flexibility index (Phi) is 7.02. The van der Waals surface area contributed by atoms with Crippen LogP contribution in [-0.4, -0.2) is 22.7 Å². The van der Waals surface area contributed by atoms with Crippen molar-refractivity contribution in [3.63, 3.8) is 0 Å². The van der Waals surface area contributed by atoms with Gasteiger partial charge in [0.2, 0.25) is 0 Å². The highest BCUT2D eigenvalue weighted by atomic mass is 35.5. The number of nitro benzene ring substituents is 1. The molecule has 4 aromatic rings. The lowest BCUT2D eigenvalue weighted by atomic mass is 10.1. The van der Waals surface area contributed by atoms with Gasteiger partial charge in [-0.25, -0.2) is 9.69 Å². The fourth-order valence-corrected chi connectivity index (χ4v) is 4.32. The lowest BCUT2D eigenvalue weighted by Crippen LogP contribution is -2.31. The summed E-state index contributed by atoms with van der Waals surface area (Å²) < 4.78 is 11.2. The van der Waals surface area contributed by atoms with Crippen molar-refractivity contribution in [1.82, 2.24) is 0 Å². The Morgan fingerprint density at radius 1 is 0.821 bits per heavy atom. The van der Waals surface area contributed by atoms with Gasteiger partial charge in [-0.1, -0.05) is 47.5 Å². The van der Waals surface area contributed by atoms with Crippen LogP contribution >= 0.6 is 23.2 Å². The summed E-state index contributed by atoms with van der Waals surface area (Å²) in [7, 11) is 0. The first-order chi connectivity index (χ1) is 18.7. The Labute approximate surface area is 231 Å². The average Bonchev–Trinajstić information content (AvgIpc) is 3.16. The Morgan fingerprint density at radius 3 is 2.10 bits per heavy atom. The van der Waals surface area contributed by atoms with Crippen molar-refractivity contribution in [1.29, 1.82) is 0 Å². The van der Waals surface area contributed by atoms with Crippen LogP contribution in [-0.2, 0) is 11.3 Å². The molecule has 11 heteroatoms. The number of rotatable bonds is 7. The van der Waals surface area contributed by atoms with Crippen molar-refractivity contribution >= 4 is 52.4 Å². The molecule has 1 aliphatic heterocycles. The first-order valence-electron chi connectivity index (χ1n) is 11.4. The van der Waals surface area contributed by atoms with Crippen LogP contribution in [0.2, 0.25) is 10.0 Å². The smallest absolute Gasteiger partial charge is 0.340 e. The minimum Gasteiger partial charge on any atom is -0.457 e. The van der Waals surface area contributed by atoms with Gasteiger partial charge in [-0.05, 0) is 54.1 Å². The maximum absolute atomic E-state index is 13.1. The number of para-hydroxylation sites is 1. The van der Waals surface area contributed by atoms with E-state index in [-0.39, 0.29) is 44.7 Å². The number of non-ortho nitro benzene ring substituents is 1. The molecule has 0 saturated carbocycles. The van der Waals surface area contributed by atoms with Gasteiger partial charge in [-0.15, -0.1) is 0 Å². The summed E-state index contributed by atoms with van der Waals surface area (Å²) in [6, 6.07) is 21.1. The van der Waals surface area contributed by atoms with E-state index in [4.69, 9.17) is 32.7 Å². The maximum atomic E-state index is 13.1. The zero-order valence-corrected chi connectivity index (χ0v) is 21.3. The van der Waals surface area contributed by atoms with Crippen molar-refractivity contribution < 1.29 is 28.8 Å². The number of carbonyl (C=O) groups excluding carboxylic acids is 3. The lowest BCUT2D eigenvalue weighted by molar-refractivity contribution is -0.384. The van der Waals surface area contributed by atoms with Gasteiger partial charge in [0, 0.05) is 12.1 Å². The molecular formula is C28H16Cl2N2O7. The Bertz CT molecular complexity index is 1610. The van der Waals surface area contributed by atoms with E-state index in [1.54, 1.807) is 36.4 Å². The Hall–Kier alpha value is -4.73. The van der Waals surface area contributed by atoms with Gasteiger partial charge in [-0.3, -0.25) is 19.7 Å². The van der Waals surface area contributed by atoms with Crippen LogP contribution in [0.3, 0.4) is 0 Å². The number of nitrogens with zero attached hydrogens (tertiary/aromatic N) is 2. The fourth-order valence-electron chi connectivity index (χ4n) is 3.99. The Morgan fingerprint density at radius 2 is 1.46 bits per heavy atom. The molecule has 0 radical (unpaired) electrons. The van der Waals surface area contributed by atoms with Crippen LogP contribution in [0.15, 0.2) is 84.9 Å². The van der Waals surface area contributed by atoms with Crippen molar-refractivity contribution in [3.8, 4) is 11.5 Å². The van der Waals surface area contributed by atoms with Gasteiger partial charge in [0.05, 0.1) is 37.3 Å². The highest BCUT2D eigenvalue weighted by molar-refractivity contribution is 6.44. The van der Waals surface area contributed by atoms with E-state index in [1.165, 1.54) is 48.5 Å². The standard InChI is InChI=1S/C28H16Cl2N2O7/c29-23-13-21-22(14-24(23)30)27(34)31(26(21)33)25-7-2-1-6-20(25)28(35)38-15-16-4-3-5-19(12-16)39-18-10-8-17(9-11-18)32(36)37/h1-14H,15H2. The summed E-state index contributed by atoms with van der Waals surface area (Å²) in [5, 5.41) is 11.1. The molecule has 0 spiro atoms. The third-order valence-corrected chi connectivity index (χ3v) is 6.57. The van der Waals surface area contributed by atoms with E-state index in [9.17, 15) is 24.5 Å². The van der Waals surface area contributed by atoms with Crippen LogP contribution in [0.1, 0.15) is 36.6 Å². The molecule has 5 rings (SSSR count). The molecule has 0 saturated heterocycles. The molecule has 4 aromatic carbocycles. The van der Waals surface area contributed by atoms with Crippen molar-refractivity contribution in [2.24, 2.45) is 0 Å². The second-order valence-electron chi connectivity index (χ2n) is 8.35. The molecule has 1 heterocycles.